The molecule has 0 unspecified atom stereocenters. The predicted molar refractivity (Wildman–Crippen MR) is 76.5 cm³/mol. The van der Waals surface area contributed by atoms with E-state index in [0.29, 0.717) is 24.7 Å². The molecule has 0 aliphatic rings. The van der Waals surface area contributed by atoms with Crippen LogP contribution in [0.3, 0.4) is 0 Å². The number of carbonyl (C=O) groups excluding carboxylic acids is 2. The van der Waals surface area contributed by atoms with Crippen molar-refractivity contribution < 1.29 is 19.1 Å². The van der Waals surface area contributed by atoms with Crippen LogP contribution in [-0.4, -0.2) is 36.7 Å². The van der Waals surface area contributed by atoms with Crippen molar-refractivity contribution in [2.24, 2.45) is 11.8 Å². The summed E-state index contributed by atoms with van der Waals surface area (Å²) < 4.78 is 9.83. The second-order valence-corrected chi connectivity index (χ2v) is 6.43. The Morgan fingerprint density at radius 2 is 1.22 bits per heavy atom. The van der Waals surface area contributed by atoms with Crippen LogP contribution in [0.25, 0.3) is 0 Å². The summed E-state index contributed by atoms with van der Waals surface area (Å²) in [5.41, 5.74) is 0. The maximum atomic E-state index is 11.3. The lowest BCUT2D eigenvalue weighted by molar-refractivity contribution is -0.147. The van der Waals surface area contributed by atoms with Crippen molar-refractivity contribution >= 4 is 33.5 Å². The van der Waals surface area contributed by atoms with E-state index in [2.05, 4.69) is 0 Å². The zero-order valence-electron chi connectivity index (χ0n) is 11.4. The van der Waals surface area contributed by atoms with Gasteiger partial charge in [0.2, 0.25) is 0 Å². The van der Waals surface area contributed by atoms with Crippen LogP contribution in [0, 0.1) is 11.8 Å². The molecule has 0 heterocycles. The molecule has 2 atom stereocenters. The van der Waals surface area contributed by atoms with Crippen molar-refractivity contribution in [2.45, 2.75) is 27.7 Å². The first-order chi connectivity index (χ1) is 8.52. The van der Waals surface area contributed by atoms with E-state index < -0.39 is 0 Å². The maximum absolute atomic E-state index is 11.3. The molecule has 0 aromatic carbocycles. The van der Waals surface area contributed by atoms with E-state index in [1.807, 2.05) is 13.8 Å². The lowest BCUT2D eigenvalue weighted by Gasteiger charge is -2.11. The Morgan fingerprint density at radius 3 is 1.50 bits per heavy atom. The number of carbonyl (C=O) groups is 2. The van der Waals surface area contributed by atoms with Gasteiger partial charge in [-0.3, -0.25) is 9.59 Å². The molecular weight excluding hydrogens is 272 g/mol. The van der Waals surface area contributed by atoms with Gasteiger partial charge in [0.05, 0.1) is 25.0 Å². The molecule has 0 N–H and O–H groups in total. The van der Waals surface area contributed by atoms with Gasteiger partial charge >= 0.3 is 11.9 Å². The molecule has 0 saturated heterocycles. The maximum Gasteiger partial charge on any atom is 0.309 e. The standard InChI is InChI=1S/C12H22O4S2/c1-5-15-11(13)9(3)7-17-18-8-10(4)12(14)16-6-2/h9-10H,5-8H2,1-4H3/t9-,10-/m0/s1. The fourth-order valence-electron chi connectivity index (χ4n) is 1.01. The third-order valence-electron chi connectivity index (χ3n) is 2.10. The Balaban J connectivity index is 3.66. The van der Waals surface area contributed by atoms with Gasteiger partial charge in [0.1, 0.15) is 0 Å². The predicted octanol–water partition coefficient (Wildman–Crippen LogP) is 2.77. The van der Waals surface area contributed by atoms with Gasteiger partial charge in [-0.25, -0.2) is 0 Å². The molecule has 0 bridgehead atoms. The molecule has 0 spiro atoms. The summed E-state index contributed by atoms with van der Waals surface area (Å²) in [6, 6.07) is 0. The van der Waals surface area contributed by atoms with Crippen molar-refractivity contribution in [2.75, 3.05) is 24.7 Å². The molecule has 0 fully saturated rings. The van der Waals surface area contributed by atoms with Crippen molar-refractivity contribution in [1.82, 2.24) is 0 Å². The molecule has 0 aromatic rings. The quantitative estimate of drug-likeness (QED) is 0.370. The molecule has 18 heavy (non-hydrogen) atoms. The van der Waals surface area contributed by atoms with Gasteiger partial charge in [0, 0.05) is 11.5 Å². The Kier molecular flexibility index (Phi) is 10.3. The van der Waals surface area contributed by atoms with Crippen LogP contribution < -0.4 is 0 Å². The van der Waals surface area contributed by atoms with Crippen LogP contribution in [0.2, 0.25) is 0 Å². The molecule has 0 aliphatic carbocycles. The Labute approximate surface area is 117 Å². The monoisotopic (exact) mass is 294 g/mol. The zero-order chi connectivity index (χ0) is 14.0. The Hall–Kier alpha value is -0.360. The van der Waals surface area contributed by atoms with E-state index in [9.17, 15) is 9.59 Å². The molecule has 0 radical (unpaired) electrons. The van der Waals surface area contributed by atoms with E-state index in [1.54, 1.807) is 35.4 Å². The summed E-state index contributed by atoms with van der Waals surface area (Å²) in [6.45, 7) is 8.13. The summed E-state index contributed by atoms with van der Waals surface area (Å²) in [5, 5.41) is 0. The number of hydrogen-bond donors (Lipinski definition) is 0. The minimum absolute atomic E-state index is 0.111. The molecule has 0 saturated carbocycles. The van der Waals surface area contributed by atoms with E-state index in [-0.39, 0.29) is 23.8 Å². The smallest absolute Gasteiger partial charge is 0.309 e. The highest BCUT2D eigenvalue weighted by atomic mass is 33.1. The van der Waals surface area contributed by atoms with Crippen LogP contribution in [0.1, 0.15) is 27.7 Å². The van der Waals surface area contributed by atoms with Crippen molar-refractivity contribution in [3.8, 4) is 0 Å². The first-order valence-electron chi connectivity index (χ1n) is 6.10. The Morgan fingerprint density at radius 1 is 0.889 bits per heavy atom. The average Bonchev–Trinajstić information content (AvgIpc) is 2.34. The van der Waals surface area contributed by atoms with Gasteiger partial charge in [0.25, 0.3) is 0 Å². The molecule has 0 aliphatic heterocycles. The summed E-state index contributed by atoms with van der Waals surface area (Å²) in [4.78, 5) is 22.7. The molecule has 0 amide bonds. The van der Waals surface area contributed by atoms with Gasteiger partial charge in [0.15, 0.2) is 0 Å². The second kappa shape index (κ2) is 10.6. The molecular formula is C12H22O4S2. The number of hydrogen-bond acceptors (Lipinski definition) is 6. The molecule has 106 valence electrons. The highest BCUT2D eigenvalue weighted by molar-refractivity contribution is 8.76. The average molecular weight is 294 g/mol. The number of ether oxygens (including phenoxy) is 2. The first-order valence-corrected chi connectivity index (χ1v) is 8.59. The van der Waals surface area contributed by atoms with Crippen LogP contribution in [0.15, 0.2) is 0 Å². The van der Waals surface area contributed by atoms with E-state index >= 15 is 0 Å². The summed E-state index contributed by atoms with van der Waals surface area (Å²) in [7, 11) is 3.17. The number of esters is 2. The fourth-order valence-corrected chi connectivity index (χ4v) is 3.68. The van der Waals surface area contributed by atoms with Crippen LogP contribution >= 0.6 is 21.6 Å². The summed E-state index contributed by atoms with van der Waals surface area (Å²) in [6.07, 6.45) is 0. The lowest BCUT2D eigenvalue weighted by atomic mass is 10.2. The van der Waals surface area contributed by atoms with Crippen LogP contribution in [-0.2, 0) is 19.1 Å². The molecule has 0 aromatic heterocycles. The third kappa shape index (κ3) is 7.87. The van der Waals surface area contributed by atoms with Crippen molar-refractivity contribution in [3.63, 3.8) is 0 Å². The minimum Gasteiger partial charge on any atom is -0.466 e. The highest BCUT2D eigenvalue weighted by Gasteiger charge is 2.16. The van der Waals surface area contributed by atoms with Crippen LogP contribution in [0.5, 0.6) is 0 Å². The van der Waals surface area contributed by atoms with Crippen molar-refractivity contribution in [3.05, 3.63) is 0 Å². The van der Waals surface area contributed by atoms with Gasteiger partial charge in [-0.15, -0.1) is 0 Å². The highest BCUT2D eigenvalue weighted by Crippen LogP contribution is 2.26. The summed E-state index contributed by atoms with van der Waals surface area (Å²) in [5.74, 6) is 0.840. The van der Waals surface area contributed by atoms with Gasteiger partial charge in [-0.2, -0.15) is 0 Å². The largest absolute Gasteiger partial charge is 0.466 e. The fraction of sp³-hybridized carbons (Fsp3) is 0.833. The van der Waals surface area contributed by atoms with Crippen molar-refractivity contribution in [1.29, 1.82) is 0 Å². The Bertz CT molecular complexity index is 232. The van der Waals surface area contributed by atoms with E-state index in [4.69, 9.17) is 9.47 Å². The minimum atomic E-state index is -0.163. The normalized spacial score (nSPS) is 13.8. The van der Waals surface area contributed by atoms with Gasteiger partial charge in [-0.1, -0.05) is 35.4 Å². The third-order valence-corrected chi connectivity index (χ3v) is 4.85. The molecule has 6 heteroatoms. The summed E-state index contributed by atoms with van der Waals surface area (Å²) >= 11 is 0. The topological polar surface area (TPSA) is 52.6 Å². The molecule has 0 rings (SSSR count). The lowest BCUT2D eigenvalue weighted by Crippen LogP contribution is -2.17. The van der Waals surface area contributed by atoms with E-state index in [0.717, 1.165) is 0 Å². The zero-order valence-corrected chi connectivity index (χ0v) is 13.1. The SMILES string of the molecule is CCOC(=O)[C@@H](C)CSSC[C@H](C)C(=O)OCC. The van der Waals surface area contributed by atoms with Gasteiger partial charge in [-0.05, 0) is 13.8 Å². The number of rotatable bonds is 9. The first kappa shape index (κ1) is 17.6. The van der Waals surface area contributed by atoms with Gasteiger partial charge < -0.3 is 9.47 Å². The molecule has 4 nitrogen and oxygen atoms in total. The second-order valence-electron chi connectivity index (χ2n) is 3.88. The van der Waals surface area contributed by atoms with E-state index in [1.165, 1.54) is 0 Å². The van der Waals surface area contributed by atoms with Crippen LogP contribution in [0.4, 0.5) is 0 Å².